The number of pyridine rings is 1. The first-order valence-corrected chi connectivity index (χ1v) is 14.1. The van der Waals surface area contributed by atoms with Crippen molar-refractivity contribution < 1.29 is 20.1 Å². The van der Waals surface area contributed by atoms with Crippen LogP contribution in [0, 0.1) is 26.0 Å². The zero-order valence-electron chi connectivity index (χ0n) is 20.7. The van der Waals surface area contributed by atoms with Crippen molar-refractivity contribution in [3.05, 3.63) is 115 Å². The average molecular weight is 657 g/mol. The summed E-state index contributed by atoms with van der Waals surface area (Å²) < 4.78 is 3.63. The molecule has 5 nitrogen and oxygen atoms in total. The minimum atomic E-state index is 0. The quantitative estimate of drug-likeness (QED) is 0.167. The van der Waals surface area contributed by atoms with Gasteiger partial charge in [-0.2, -0.15) is 16.3 Å². The topological polar surface area (TPSA) is 48.5 Å². The molecular formula is C28H30IrN5Si-2. The molecule has 0 aliphatic rings. The van der Waals surface area contributed by atoms with Gasteiger partial charge in [0.15, 0.2) is 0 Å². The summed E-state index contributed by atoms with van der Waals surface area (Å²) in [4.78, 5) is 4.22. The predicted octanol–water partition coefficient (Wildman–Crippen LogP) is 6.39. The van der Waals surface area contributed by atoms with Crippen molar-refractivity contribution in [3.8, 4) is 22.6 Å². The van der Waals surface area contributed by atoms with E-state index in [9.17, 15) is 0 Å². The summed E-state index contributed by atoms with van der Waals surface area (Å²) >= 11 is 0. The van der Waals surface area contributed by atoms with Gasteiger partial charge in [0, 0.05) is 47.5 Å². The van der Waals surface area contributed by atoms with Crippen LogP contribution >= 0.6 is 0 Å². The molecule has 2 radical (unpaired) electrons. The first kappa shape index (κ1) is 28.1. The molecular weight excluding hydrogens is 627 g/mol. The number of aromatic nitrogens is 5. The van der Waals surface area contributed by atoms with Crippen molar-refractivity contribution in [1.29, 1.82) is 0 Å². The van der Waals surface area contributed by atoms with E-state index in [1.807, 2.05) is 108 Å². The monoisotopic (exact) mass is 657 g/mol. The molecule has 0 amide bonds. The van der Waals surface area contributed by atoms with E-state index >= 15 is 0 Å². The van der Waals surface area contributed by atoms with Gasteiger partial charge in [-0.25, -0.2) is 0 Å². The van der Waals surface area contributed by atoms with Crippen molar-refractivity contribution in [2.75, 3.05) is 0 Å². The fraction of sp³-hybridized carbons (Fsp3) is 0.179. The van der Waals surface area contributed by atoms with Gasteiger partial charge in [-0.1, -0.05) is 31.8 Å². The minimum absolute atomic E-state index is 0. The molecule has 0 aliphatic heterocycles. The van der Waals surface area contributed by atoms with Gasteiger partial charge in [0.1, 0.15) is 0 Å². The minimum Gasteiger partial charge on any atom is -0.305 e. The Bertz CT molecular complexity index is 1170. The third-order valence-corrected chi connectivity index (χ3v) is 4.35. The van der Waals surface area contributed by atoms with E-state index in [2.05, 4.69) is 47.0 Å². The molecule has 182 valence electrons. The van der Waals surface area contributed by atoms with Crippen molar-refractivity contribution in [3.63, 3.8) is 0 Å². The molecule has 0 N–H and O–H groups in total. The molecule has 2 aromatic carbocycles. The molecule has 0 fully saturated rings. The van der Waals surface area contributed by atoms with Crippen molar-refractivity contribution in [2.45, 2.75) is 33.5 Å². The maximum absolute atomic E-state index is 4.38. The third kappa shape index (κ3) is 9.21. The average Bonchev–Trinajstić information content (AvgIpc) is 3.49. The van der Waals surface area contributed by atoms with E-state index < -0.39 is 0 Å². The summed E-state index contributed by atoms with van der Waals surface area (Å²) in [5.74, 6) is 0. The van der Waals surface area contributed by atoms with Crippen molar-refractivity contribution in [2.24, 2.45) is 0 Å². The first-order chi connectivity index (χ1) is 16.4. The summed E-state index contributed by atoms with van der Waals surface area (Å²) in [5.41, 5.74) is 5.81. The Balaban J connectivity index is 0.000000221. The molecule has 5 rings (SSSR count). The fourth-order valence-corrected chi connectivity index (χ4v) is 2.89. The Morgan fingerprint density at radius 3 is 1.71 bits per heavy atom. The van der Waals surface area contributed by atoms with Crippen LogP contribution in [0.25, 0.3) is 22.6 Å². The summed E-state index contributed by atoms with van der Waals surface area (Å²) in [7, 11) is 0.120. The van der Waals surface area contributed by atoms with E-state index in [-0.39, 0.29) is 28.9 Å². The second kappa shape index (κ2) is 14.3. The Morgan fingerprint density at radius 2 is 1.29 bits per heavy atom. The van der Waals surface area contributed by atoms with Crippen LogP contribution in [0.4, 0.5) is 0 Å². The van der Waals surface area contributed by atoms with E-state index in [1.165, 1.54) is 0 Å². The molecule has 0 spiro atoms. The molecule has 3 heterocycles. The number of hydrogen-bond donors (Lipinski definition) is 0. The van der Waals surface area contributed by atoms with Gasteiger partial charge in [0.2, 0.25) is 0 Å². The smallest absolute Gasteiger partial charge is 0.0597 e. The summed E-state index contributed by atoms with van der Waals surface area (Å²) in [5, 5.41) is 8.75. The van der Waals surface area contributed by atoms with Gasteiger partial charge >= 0.3 is 0 Å². The summed E-state index contributed by atoms with van der Waals surface area (Å²) in [6.45, 7) is 10.7. The van der Waals surface area contributed by atoms with Gasteiger partial charge in [0.05, 0.1) is 11.4 Å². The van der Waals surface area contributed by atoms with Crippen LogP contribution in [0.1, 0.15) is 11.4 Å². The van der Waals surface area contributed by atoms with Gasteiger partial charge in [-0.15, -0.1) is 54.1 Å². The SMILES string of the molecule is C[Si](C)C.Cc1ccn(-c2[c-]c(-n3ccc(C)n3)ccc2)n1.[Ir].[c-]1ccccc1-c1ccccn1. The Labute approximate surface area is 223 Å². The van der Waals surface area contributed by atoms with Crippen LogP contribution < -0.4 is 0 Å². The largest absolute Gasteiger partial charge is 0.305 e. The maximum atomic E-state index is 4.38. The van der Waals surface area contributed by atoms with E-state index in [0.717, 1.165) is 34.0 Å². The number of aryl methyl sites for hydroxylation is 2. The fourth-order valence-electron chi connectivity index (χ4n) is 2.89. The van der Waals surface area contributed by atoms with Crippen LogP contribution in [-0.2, 0) is 20.1 Å². The normalized spacial score (nSPS) is 9.89. The van der Waals surface area contributed by atoms with Crippen LogP contribution in [0.15, 0.2) is 91.4 Å². The first-order valence-electron chi connectivity index (χ1n) is 11.1. The zero-order valence-corrected chi connectivity index (χ0v) is 24.1. The zero-order chi connectivity index (χ0) is 24.3. The standard InChI is InChI=1S/C14H13N4.C11H8N.C3H9Si.Ir/c1-11-6-8-17(15-11)13-4-3-5-14(10-13)18-9-7-12(2)16-18;1-2-6-10(7-3-1)11-8-4-5-9-12-11;1-4(2)3;/h3-9H,1-2H3;1-6,8-9H;1-3H3;/q2*-1;;. The van der Waals surface area contributed by atoms with Crippen LogP contribution in [0.5, 0.6) is 0 Å². The molecule has 7 heteroatoms. The van der Waals surface area contributed by atoms with Crippen LogP contribution in [0.3, 0.4) is 0 Å². The number of hydrogen-bond acceptors (Lipinski definition) is 3. The van der Waals surface area contributed by atoms with Gasteiger partial charge in [-0.05, 0) is 49.1 Å². The van der Waals surface area contributed by atoms with Crippen molar-refractivity contribution >= 4 is 8.80 Å². The predicted molar refractivity (Wildman–Crippen MR) is 141 cm³/mol. The molecule has 5 aromatic rings. The Hall–Kier alpha value is -3.12. The molecule has 0 atom stereocenters. The second-order valence-corrected chi connectivity index (χ2v) is 11.2. The molecule has 0 saturated heterocycles. The van der Waals surface area contributed by atoms with Gasteiger partial charge < -0.3 is 4.98 Å². The van der Waals surface area contributed by atoms with E-state index in [1.54, 1.807) is 6.20 Å². The van der Waals surface area contributed by atoms with Gasteiger partial charge in [-0.3, -0.25) is 9.36 Å². The van der Waals surface area contributed by atoms with Crippen LogP contribution in [-0.4, -0.2) is 33.3 Å². The molecule has 0 unspecified atom stereocenters. The third-order valence-electron chi connectivity index (χ3n) is 4.35. The number of rotatable bonds is 3. The molecule has 35 heavy (non-hydrogen) atoms. The van der Waals surface area contributed by atoms with E-state index in [4.69, 9.17) is 0 Å². The number of nitrogens with zero attached hydrogens (tertiary/aromatic N) is 5. The Kier molecular flexibility index (Phi) is 11.5. The van der Waals surface area contributed by atoms with Crippen molar-refractivity contribution in [1.82, 2.24) is 24.5 Å². The summed E-state index contributed by atoms with van der Waals surface area (Å²) in [6.07, 6.45) is 5.65. The van der Waals surface area contributed by atoms with Gasteiger partial charge in [0.25, 0.3) is 0 Å². The molecule has 0 saturated carbocycles. The summed E-state index contributed by atoms with van der Waals surface area (Å²) in [6, 6.07) is 30.0. The maximum Gasteiger partial charge on any atom is 0.0597 e. The molecule has 0 bridgehead atoms. The Morgan fingerprint density at radius 1 is 0.714 bits per heavy atom. The van der Waals surface area contributed by atoms with Crippen LogP contribution in [0.2, 0.25) is 19.6 Å². The van der Waals surface area contributed by atoms with E-state index in [0.29, 0.717) is 0 Å². The molecule has 0 aliphatic carbocycles. The number of benzene rings is 2. The second-order valence-electron chi connectivity index (χ2n) is 8.22. The molecule has 3 aromatic heterocycles.